The fourth-order valence-corrected chi connectivity index (χ4v) is 2.84. The van der Waals surface area contributed by atoms with Crippen molar-refractivity contribution < 1.29 is 28.8 Å². The Morgan fingerprint density at radius 3 is 1.90 bits per heavy atom. The van der Waals surface area contributed by atoms with Gasteiger partial charge in [-0.15, -0.1) is 0 Å². The molecule has 1 aliphatic rings. The lowest BCUT2D eigenvalue weighted by Crippen LogP contribution is -2.30. The minimum atomic E-state index is -0.973. The first-order valence-corrected chi connectivity index (χ1v) is 9.35. The topological polar surface area (TPSA) is 74.2 Å². The Hall–Kier alpha value is 0.01000. The minimum absolute atomic E-state index is 0.0974. The number of carbonyl (C=O) groups is 1. The Morgan fingerprint density at radius 2 is 1.33 bits per heavy atom. The number of carboxylic acid groups (broad SMARTS) is 1. The second kappa shape index (κ2) is 13.7. The lowest BCUT2D eigenvalue weighted by molar-refractivity contribution is -0.153. The number of hydrogen-bond acceptors (Lipinski definition) is 7. The number of aliphatic carboxylic acids is 1. The van der Waals surface area contributed by atoms with Crippen molar-refractivity contribution in [3.8, 4) is 0 Å². The lowest BCUT2D eigenvalue weighted by atomic mass is 10.4. The van der Waals surface area contributed by atoms with Gasteiger partial charge >= 0.3 is 5.97 Å². The highest BCUT2D eigenvalue weighted by Gasteiger charge is 2.17. The molecule has 1 saturated heterocycles. The van der Waals surface area contributed by atoms with E-state index in [9.17, 15) is 4.79 Å². The summed E-state index contributed by atoms with van der Waals surface area (Å²) in [5.74, 6) is 2.37. The normalized spacial score (nSPS) is 25.6. The molecule has 1 fully saturated rings. The van der Waals surface area contributed by atoms with Gasteiger partial charge in [0.25, 0.3) is 0 Å². The van der Waals surface area contributed by atoms with Gasteiger partial charge in [-0.05, 0) is 0 Å². The summed E-state index contributed by atoms with van der Waals surface area (Å²) < 4.78 is 21.6. The Balaban J connectivity index is 2.23. The molecule has 1 aliphatic heterocycles. The summed E-state index contributed by atoms with van der Waals surface area (Å²) in [5.41, 5.74) is 0. The van der Waals surface area contributed by atoms with E-state index in [0.29, 0.717) is 39.6 Å². The first-order valence-electron chi connectivity index (χ1n) is 7.04. The van der Waals surface area contributed by atoms with Gasteiger partial charge in [-0.3, -0.25) is 0 Å². The monoisotopic (exact) mass is 340 g/mol. The van der Waals surface area contributed by atoms with Crippen molar-refractivity contribution in [2.45, 2.75) is 6.10 Å². The molecule has 1 rings (SSSR count). The van der Waals surface area contributed by atoms with Crippen molar-refractivity contribution >= 4 is 29.5 Å². The zero-order valence-electron chi connectivity index (χ0n) is 12.2. The molecule has 1 N–H and O–H groups in total. The van der Waals surface area contributed by atoms with Gasteiger partial charge in [-0.2, -0.15) is 23.5 Å². The van der Waals surface area contributed by atoms with Gasteiger partial charge in [-0.25, -0.2) is 4.79 Å². The average molecular weight is 340 g/mol. The van der Waals surface area contributed by atoms with Crippen LogP contribution in [0.1, 0.15) is 0 Å². The maximum atomic E-state index is 11.0. The number of rotatable bonds is 1. The molecule has 1 atom stereocenters. The lowest BCUT2D eigenvalue weighted by Gasteiger charge is -2.14. The van der Waals surface area contributed by atoms with Crippen LogP contribution in [0.3, 0.4) is 0 Å². The third-order valence-corrected chi connectivity index (χ3v) is 4.40. The standard InChI is InChI=1S/C13H24O6S2/c14-13(15)12-11-18-5-9-20-7-3-16-1-2-17-4-8-21-10-6-19-12/h12H,1-11H2,(H,14,15). The van der Waals surface area contributed by atoms with Crippen LogP contribution in [-0.2, 0) is 23.7 Å². The van der Waals surface area contributed by atoms with Crippen LogP contribution in [0.4, 0.5) is 0 Å². The predicted octanol–water partition coefficient (Wildman–Crippen LogP) is 0.986. The minimum Gasteiger partial charge on any atom is -0.479 e. The molecule has 8 heteroatoms. The largest absolute Gasteiger partial charge is 0.479 e. The zero-order valence-corrected chi connectivity index (χ0v) is 13.8. The van der Waals surface area contributed by atoms with Crippen LogP contribution in [-0.4, -0.2) is 86.4 Å². The van der Waals surface area contributed by atoms with Crippen molar-refractivity contribution in [3.63, 3.8) is 0 Å². The second-order valence-corrected chi connectivity index (χ2v) is 6.67. The van der Waals surface area contributed by atoms with Crippen LogP contribution in [0.5, 0.6) is 0 Å². The van der Waals surface area contributed by atoms with Crippen LogP contribution >= 0.6 is 23.5 Å². The van der Waals surface area contributed by atoms with Crippen molar-refractivity contribution in [3.05, 3.63) is 0 Å². The molecule has 1 heterocycles. The molecule has 0 bridgehead atoms. The van der Waals surface area contributed by atoms with Crippen molar-refractivity contribution in [1.82, 2.24) is 0 Å². The molecule has 0 aromatic rings. The molecule has 0 aromatic heterocycles. The molecule has 6 nitrogen and oxygen atoms in total. The van der Waals surface area contributed by atoms with E-state index in [2.05, 4.69) is 0 Å². The molecule has 21 heavy (non-hydrogen) atoms. The fourth-order valence-electron chi connectivity index (χ4n) is 1.51. The van der Waals surface area contributed by atoms with Crippen LogP contribution in [0, 0.1) is 0 Å². The predicted molar refractivity (Wildman–Crippen MR) is 84.5 cm³/mol. The maximum absolute atomic E-state index is 11.0. The summed E-state index contributed by atoms with van der Waals surface area (Å²) in [6.45, 7) is 3.65. The highest BCUT2D eigenvalue weighted by atomic mass is 32.2. The summed E-state index contributed by atoms with van der Waals surface area (Å²) in [6, 6.07) is 0. The SMILES string of the molecule is O=C(O)C1COCCSCCOCCOCCSCCO1. The Bertz CT molecular complexity index is 249. The summed E-state index contributed by atoms with van der Waals surface area (Å²) in [4.78, 5) is 11.0. The third kappa shape index (κ3) is 11.3. The quantitative estimate of drug-likeness (QED) is 0.757. The van der Waals surface area contributed by atoms with E-state index < -0.39 is 12.1 Å². The molecule has 0 spiro atoms. The summed E-state index contributed by atoms with van der Waals surface area (Å²) in [5, 5.41) is 9.04. The Morgan fingerprint density at radius 1 is 0.810 bits per heavy atom. The average Bonchev–Trinajstić information content (AvgIpc) is 2.47. The van der Waals surface area contributed by atoms with E-state index in [4.69, 9.17) is 24.1 Å². The van der Waals surface area contributed by atoms with E-state index >= 15 is 0 Å². The Kier molecular flexibility index (Phi) is 12.4. The highest BCUT2D eigenvalue weighted by molar-refractivity contribution is 7.99. The molecule has 0 aromatic carbocycles. The smallest absolute Gasteiger partial charge is 0.335 e. The number of ether oxygens (including phenoxy) is 4. The van der Waals surface area contributed by atoms with Crippen LogP contribution in [0.2, 0.25) is 0 Å². The van der Waals surface area contributed by atoms with Gasteiger partial charge in [0, 0.05) is 23.0 Å². The first kappa shape index (κ1) is 19.1. The first-order chi connectivity index (χ1) is 10.3. The molecule has 0 aliphatic carbocycles. The van der Waals surface area contributed by atoms with Gasteiger partial charge in [0.1, 0.15) is 0 Å². The third-order valence-electron chi connectivity index (χ3n) is 2.58. The van der Waals surface area contributed by atoms with Crippen LogP contribution in [0.15, 0.2) is 0 Å². The number of hydrogen-bond donors (Lipinski definition) is 1. The molecular weight excluding hydrogens is 316 g/mol. The van der Waals surface area contributed by atoms with E-state index in [-0.39, 0.29) is 6.61 Å². The highest BCUT2D eigenvalue weighted by Crippen LogP contribution is 2.04. The molecule has 0 amide bonds. The number of thioether (sulfide) groups is 2. The molecule has 0 saturated carbocycles. The van der Waals surface area contributed by atoms with Crippen molar-refractivity contribution in [2.75, 3.05) is 69.3 Å². The van der Waals surface area contributed by atoms with Crippen LogP contribution in [0.25, 0.3) is 0 Å². The molecule has 124 valence electrons. The van der Waals surface area contributed by atoms with Gasteiger partial charge in [-0.1, -0.05) is 0 Å². The van der Waals surface area contributed by atoms with E-state index in [1.165, 1.54) is 0 Å². The van der Waals surface area contributed by atoms with E-state index in [0.717, 1.165) is 23.0 Å². The van der Waals surface area contributed by atoms with E-state index in [1.54, 1.807) is 23.5 Å². The molecule has 0 radical (unpaired) electrons. The van der Waals surface area contributed by atoms with Gasteiger partial charge < -0.3 is 24.1 Å². The maximum Gasteiger partial charge on any atom is 0.335 e. The zero-order chi connectivity index (χ0) is 15.2. The summed E-state index contributed by atoms with van der Waals surface area (Å²) in [7, 11) is 0. The van der Waals surface area contributed by atoms with Crippen molar-refractivity contribution in [1.29, 1.82) is 0 Å². The molecule has 1 unspecified atom stereocenters. The summed E-state index contributed by atoms with van der Waals surface area (Å²) in [6.07, 6.45) is -0.880. The van der Waals surface area contributed by atoms with Gasteiger partial charge in [0.2, 0.25) is 0 Å². The van der Waals surface area contributed by atoms with Crippen molar-refractivity contribution in [2.24, 2.45) is 0 Å². The number of carboxylic acids is 1. The van der Waals surface area contributed by atoms with Gasteiger partial charge in [0.15, 0.2) is 6.10 Å². The molecular formula is C13H24O6S2. The van der Waals surface area contributed by atoms with Gasteiger partial charge in [0.05, 0.1) is 46.2 Å². The Labute approximate surface area is 134 Å². The summed E-state index contributed by atoms with van der Waals surface area (Å²) >= 11 is 3.41. The van der Waals surface area contributed by atoms with Crippen LogP contribution < -0.4 is 0 Å². The second-order valence-electron chi connectivity index (χ2n) is 4.22. The van der Waals surface area contributed by atoms with E-state index in [1.807, 2.05) is 0 Å². The fraction of sp³-hybridized carbons (Fsp3) is 0.923.